The van der Waals surface area contributed by atoms with Gasteiger partial charge in [-0.05, 0) is 68.6 Å². The smallest absolute Gasteiger partial charge is 0.126 e. The molecule has 1 aromatic heterocycles. The number of aliphatic hydroxyl groups is 1. The fourth-order valence-electron chi connectivity index (χ4n) is 4.93. The van der Waals surface area contributed by atoms with Crippen LogP contribution in [0, 0.1) is 11.7 Å². The van der Waals surface area contributed by atoms with E-state index in [0.717, 1.165) is 63.3 Å². The summed E-state index contributed by atoms with van der Waals surface area (Å²) in [7, 11) is 2.17. The first-order chi connectivity index (χ1) is 14.5. The molecule has 2 aliphatic rings. The summed E-state index contributed by atoms with van der Waals surface area (Å²) < 4.78 is 18.9. The van der Waals surface area contributed by atoms with Gasteiger partial charge in [0, 0.05) is 45.1 Å². The molecular formula is C25H33FN2O2. The molecule has 1 aliphatic carbocycles. The maximum Gasteiger partial charge on any atom is 0.126 e. The number of nitrogens with zero attached hydrogens (tertiary/aromatic N) is 2. The van der Waals surface area contributed by atoms with Gasteiger partial charge < -0.3 is 19.3 Å². The van der Waals surface area contributed by atoms with Crippen LogP contribution in [-0.2, 0) is 6.42 Å². The highest BCUT2D eigenvalue weighted by molar-refractivity contribution is 5.48. The molecule has 5 heteroatoms. The van der Waals surface area contributed by atoms with Crippen molar-refractivity contribution >= 4 is 6.08 Å². The van der Waals surface area contributed by atoms with Crippen molar-refractivity contribution in [1.82, 2.24) is 9.80 Å². The van der Waals surface area contributed by atoms with Gasteiger partial charge in [-0.2, -0.15) is 0 Å². The third kappa shape index (κ3) is 5.39. The molecule has 0 amide bonds. The summed E-state index contributed by atoms with van der Waals surface area (Å²) in [5.74, 6) is 0.791. The zero-order chi connectivity index (χ0) is 21.0. The van der Waals surface area contributed by atoms with Gasteiger partial charge >= 0.3 is 0 Å². The highest BCUT2D eigenvalue weighted by Crippen LogP contribution is 2.39. The van der Waals surface area contributed by atoms with Gasteiger partial charge in [0.25, 0.3) is 0 Å². The molecule has 0 spiro atoms. The maximum atomic E-state index is 13.4. The third-order valence-corrected chi connectivity index (χ3v) is 6.73. The molecule has 4 rings (SSSR count). The minimum absolute atomic E-state index is 0.188. The van der Waals surface area contributed by atoms with E-state index < -0.39 is 5.60 Å². The van der Waals surface area contributed by atoms with Crippen molar-refractivity contribution in [2.75, 3.05) is 39.8 Å². The van der Waals surface area contributed by atoms with E-state index in [2.05, 4.69) is 22.9 Å². The zero-order valence-electron chi connectivity index (χ0n) is 17.9. The van der Waals surface area contributed by atoms with E-state index in [4.69, 9.17) is 4.42 Å². The van der Waals surface area contributed by atoms with E-state index in [0.29, 0.717) is 12.8 Å². The summed E-state index contributed by atoms with van der Waals surface area (Å²) >= 11 is 0. The molecule has 2 fully saturated rings. The van der Waals surface area contributed by atoms with Crippen LogP contribution in [0.3, 0.4) is 0 Å². The second kappa shape index (κ2) is 9.46. The van der Waals surface area contributed by atoms with Crippen LogP contribution in [0.4, 0.5) is 4.39 Å². The predicted molar refractivity (Wildman–Crippen MR) is 118 cm³/mol. The van der Waals surface area contributed by atoms with E-state index in [-0.39, 0.29) is 11.7 Å². The lowest BCUT2D eigenvalue weighted by atomic mass is 9.77. The fourth-order valence-corrected chi connectivity index (χ4v) is 4.93. The number of hydrogen-bond acceptors (Lipinski definition) is 4. The van der Waals surface area contributed by atoms with Gasteiger partial charge in [0.2, 0.25) is 0 Å². The minimum Gasteiger partial charge on any atom is -0.465 e. The molecule has 2 unspecified atom stereocenters. The lowest BCUT2D eigenvalue weighted by Crippen LogP contribution is -2.50. The molecule has 1 N–H and O–H groups in total. The van der Waals surface area contributed by atoms with E-state index in [1.54, 1.807) is 18.4 Å². The third-order valence-electron chi connectivity index (χ3n) is 6.73. The normalized spacial score (nSPS) is 28.0. The number of hydrogen-bond donors (Lipinski definition) is 1. The minimum atomic E-state index is -0.851. The van der Waals surface area contributed by atoms with Crippen LogP contribution in [0.5, 0.6) is 0 Å². The van der Waals surface area contributed by atoms with Crippen molar-refractivity contribution in [1.29, 1.82) is 0 Å². The molecule has 4 nitrogen and oxygen atoms in total. The summed E-state index contributed by atoms with van der Waals surface area (Å²) in [5, 5.41) is 12.0. The molecule has 1 aliphatic heterocycles. The van der Waals surface area contributed by atoms with Crippen molar-refractivity contribution in [3.63, 3.8) is 0 Å². The van der Waals surface area contributed by atoms with Gasteiger partial charge in [-0.25, -0.2) is 4.39 Å². The molecule has 30 heavy (non-hydrogen) atoms. The summed E-state index contributed by atoms with van der Waals surface area (Å²) in [6.45, 7) is 5.17. The van der Waals surface area contributed by atoms with Crippen LogP contribution in [0.25, 0.3) is 6.08 Å². The lowest BCUT2D eigenvalue weighted by molar-refractivity contribution is -0.0347. The zero-order valence-corrected chi connectivity index (χ0v) is 17.9. The van der Waals surface area contributed by atoms with Gasteiger partial charge in [0.15, 0.2) is 0 Å². The van der Waals surface area contributed by atoms with Crippen molar-refractivity contribution < 1.29 is 13.9 Å². The quantitative estimate of drug-likeness (QED) is 0.747. The number of furan rings is 1. The van der Waals surface area contributed by atoms with Gasteiger partial charge in [-0.3, -0.25) is 0 Å². The lowest BCUT2D eigenvalue weighted by Gasteiger charge is -2.41. The number of rotatable bonds is 5. The Hall–Kier alpha value is -1.95. The first-order valence-corrected chi connectivity index (χ1v) is 11.1. The van der Waals surface area contributed by atoms with E-state index in [9.17, 15) is 9.50 Å². The summed E-state index contributed by atoms with van der Waals surface area (Å²) in [5.41, 5.74) is 1.37. The molecule has 2 heterocycles. The molecule has 1 saturated carbocycles. The van der Waals surface area contributed by atoms with Gasteiger partial charge in [0.1, 0.15) is 11.6 Å². The van der Waals surface area contributed by atoms with Crippen molar-refractivity contribution in [2.45, 2.75) is 37.7 Å². The van der Waals surface area contributed by atoms with Crippen LogP contribution in [0.1, 0.15) is 37.0 Å². The number of likely N-dealkylation sites (N-methyl/N-ethyl adjacent to an activating group) is 1. The predicted octanol–water partition coefficient (Wildman–Crippen LogP) is 4.21. The van der Waals surface area contributed by atoms with Crippen LogP contribution < -0.4 is 0 Å². The van der Waals surface area contributed by atoms with Crippen LogP contribution in [0.15, 0.2) is 52.7 Å². The van der Waals surface area contributed by atoms with Crippen LogP contribution in [-0.4, -0.2) is 60.3 Å². The first kappa shape index (κ1) is 21.3. The molecule has 162 valence electrons. The summed E-state index contributed by atoms with van der Waals surface area (Å²) in [6.07, 6.45) is 7.99. The average molecular weight is 413 g/mol. The van der Waals surface area contributed by atoms with Crippen molar-refractivity contribution in [2.24, 2.45) is 5.92 Å². The van der Waals surface area contributed by atoms with Gasteiger partial charge in [-0.15, -0.1) is 0 Å². The van der Waals surface area contributed by atoms with Gasteiger partial charge in [-0.1, -0.05) is 17.7 Å². The molecule has 0 bridgehead atoms. The van der Waals surface area contributed by atoms with E-state index in [1.165, 1.54) is 17.7 Å². The Morgan fingerprint density at radius 3 is 2.63 bits per heavy atom. The first-order valence-electron chi connectivity index (χ1n) is 11.1. The Morgan fingerprint density at radius 2 is 1.93 bits per heavy atom. The standard InChI is InChI=1S/C25H33FN2O2/c1-27-11-13-28(14-12-27)19-22-5-2-4-21(16-24-6-3-15-30-24)18-25(22,29)17-20-7-9-23(26)10-8-20/h3,6-10,15-16,22,29H,2,4-5,11-14,17-19H2,1H3. The topological polar surface area (TPSA) is 39.9 Å². The van der Waals surface area contributed by atoms with Crippen molar-refractivity contribution in [3.05, 3.63) is 65.4 Å². The Kier molecular flexibility index (Phi) is 6.71. The maximum absolute atomic E-state index is 13.4. The van der Waals surface area contributed by atoms with Gasteiger partial charge in [0.05, 0.1) is 11.9 Å². The van der Waals surface area contributed by atoms with Crippen LogP contribution in [0.2, 0.25) is 0 Å². The van der Waals surface area contributed by atoms with Crippen molar-refractivity contribution in [3.8, 4) is 0 Å². The largest absolute Gasteiger partial charge is 0.465 e. The highest BCUT2D eigenvalue weighted by Gasteiger charge is 2.40. The van der Waals surface area contributed by atoms with Crippen LogP contribution >= 0.6 is 0 Å². The second-order valence-electron chi connectivity index (χ2n) is 9.09. The molecule has 2 aromatic rings. The molecule has 0 radical (unpaired) electrons. The molecule has 1 aromatic carbocycles. The van der Waals surface area contributed by atoms with E-state index >= 15 is 0 Å². The summed E-state index contributed by atoms with van der Waals surface area (Å²) in [6, 6.07) is 10.4. The monoisotopic (exact) mass is 412 g/mol. The Labute approximate surface area is 179 Å². The Bertz CT molecular complexity index is 825. The fraction of sp³-hybridized carbons (Fsp3) is 0.520. The Morgan fingerprint density at radius 1 is 1.17 bits per heavy atom. The highest BCUT2D eigenvalue weighted by atomic mass is 19.1. The number of benzene rings is 1. The molecule has 2 atom stereocenters. The second-order valence-corrected chi connectivity index (χ2v) is 9.09. The number of piperazine rings is 1. The van der Waals surface area contributed by atoms with E-state index in [1.807, 2.05) is 12.1 Å². The average Bonchev–Trinajstić information content (AvgIpc) is 3.18. The Balaban J connectivity index is 1.57. The molecular weight excluding hydrogens is 379 g/mol. The molecule has 1 saturated heterocycles. The summed E-state index contributed by atoms with van der Waals surface area (Å²) in [4.78, 5) is 4.86. The SMILES string of the molecule is CN1CCN(CC2CCCC(=Cc3ccco3)CC2(O)Cc2ccc(F)cc2)CC1. The number of halogens is 1.